The van der Waals surface area contributed by atoms with Crippen molar-refractivity contribution < 1.29 is 4.79 Å². The van der Waals surface area contributed by atoms with E-state index in [4.69, 9.17) is 5.73 Å². The number of hydrogen-bond acceptors (Lipinski definition) is 4. The molecule has 3 rings (SSSR count). The molecule has 0 aliphatic carbocycles. The highest BCUT2D eigenvalue weighted by molar-refractivity contribution is 6.07. The van der Waals surface area contributed by atoms with Crippen LogP contribution >= 0.6 is 0 Å². The van der Waals surface area contributed by atoms with Crippen molar-refractivity contribution in [2.24, 2.45) is 0 Å². The zero-order valence-electron chi connectivity index (χ0n) is 9.92. The Kier molecular flexibility index (Phi) is 2.60. The maximum Gasteiger partial charge on any atom is 0.273 e. The largest absolute Gasteiger partial charge is 0.382 e. The molecule has 0 aliphatic rings. The molecule has 0 saturated heterocycles. The Hall–Kier alpha value is -2.89. The van der Waals surface area contributed by atoms with Crippen molar-refractivity contribution in [2.75, 3.05) is 11.1 Å². The van der Waals surface area contributed by atoms with Crippen molar-refractivity contribution in [2.45, 2.75) is 0 Å². The fraction of sp³-hybridized carbons (Fsp3) is 0. The van der Waals surface area contributed by atoms with Crippen molar-refractivity contribution >= 4 is 28.3 Å². The lowest BCUT2D eigenvalue weighted by atomic mass is 10.2. The Morgan fingerprint density at radius 1 is 1.26 bits per heavy atom. The van der Waals surface area contributed by atoms with Crippen molar-refractivity contribution in [1.82, 2.24) is 15.2 Å². The van der Waals surface area contributed by atoms with Crippen LogP contribution in [0.5, 0.6) is 0 Å². The van der Waals surface area contributed by atoms with E-state index < -0.39 is 0 Å². The van der Waals surface area contributed by atoms with Gasteiger partial charge in [-0.3, -0.25) is 14.9 Å². The van der Waals surface area contributed by atoms with Crippen molar-refractivity contribution in [3.05, 3.63) is 48.3 Å². The first-order valence-corrected chi connectivity index (χ1v) is 5.70. The number of H-pyrrole nitrogens is 1. The van der Waals surface area contributed by atoms with Crippen LogP contribution in [0.4, 0.5) is 11.5 Å². The van der Waals surface area contributed by atoms with Crippen LogP contribution < -0.4 is 11.1 Å². The quantitative estimate of drug-likeness (QED) is 0.648. The van der Waals surface area contributed by atoms with Gasteiger partial charge >= 0.3 is 0 Å². The van der Waals surface area contributed by atoms with Gasteiger partial charge in [-0.15, -0.1) is 0 Å². The minimum Gasteiger partial charge on any atom is -0.382 e. The highest BCUT2D eigenvalue weighted by Gasteiger charge is 2.11. The molecule has 3 aromatic rings. The monoisotopic (exact) mass is 253 g/mol. The topological polar surface area (TPSA) is 96.7 Å². The number of nitrogens with two attached hydrogens (primary N) is 1. The number of aromatic amines is 1. The SMILES string of the molecule is Nc1cc(C(=O)Nc2cccc3cccnc23)[nH]n1. The molecular formula is C13H11N5O. The maximum absolute atomic E-state index is 12.0. The van der Waals surface area contributed by atoms with Gasteiger partial charge in [-0.05, 0) is 12.1 Å². The molecule has 0 aliphatic heterocycles. The standard InChI is InChI=1S/C13H11N5O/c14-11-7-10(17-18-11)13(19)16-9-5-1-3-8-4-2-6-15-12(8)9/h1-7H,(H,16,19)(H3,14,17,18). The molecule has 4 N–H and O–H groups in total. The van der Waals surface area contributed by atoms with Crippen molar-refractivity contribution in [3.8, 4) is 0 Å². The van der Waals surface area contributed by atoms with Gasteiger partial charge in [-0.2, -0.15) is 5.10 Å². The Bertz CT molecular complexity index is 744. The summed E-state index contributed by atoms with van der Waals surface area (Å²) >= 11 is 0. The third-order valence-electron chi connectivity index (χ3n) is 2.72. The van der Waals surface area contributed by atoms with Crippen LogP contribution in [0.2, 0.25) is 0 Å². The van der Waals surface area contributed by atoms with Crippen LogP contribution in [0.3, 0.4) is 0 Å². The first-order valence-electron chi connectivity index (χ1n) is 5.70. The van der Waals surface area contributed by atoms with E-state index in [1.807, 2.05) is 24.3 Å². The number of nitrogen functional groups attached to an aromatic ring is 1. The summed E-state index contributed by atoms with van der Waals surface area (Å²) < 4.78 is 0. The lowest BCUT2D eigenvalue weighted by Crippen LogP contribution is -2.12. The van der Waals surface area contributed by atoms with Gasteiger partial charge in [0.1, 0.15) is 11.5 Å². The predicted octanol–water partition coefficient (Wildman–Crippen LogP) is 1.79. The minimum atomic E-state index is -0.303. The van der Waals surface area contributed by atoms with E-state index >= 15 is 0 Å². The Balaban J connectivity index is 1.95. The van der Waals surface area contributed by atoms with E-state index in [9.17, 15) is 4.79 Å². The van der Waals surface area contributed by atoms with E-state index in [0.717, 1.165) is 10.9 Å². The minimum absolute atomic E-state index is 0.279. The highest BCUT2D eigenvalue weighted by Crippen LogP contribution is 2.21. The normalized spacial score (nSPS) is 10.5. The number of fused-ring (bicyclic) bond motifs is 1. The highest BCUT2D eigenvalue weighted by atomic mass is 16.1. The summed E-state index contributed by atoms with van der Waals surface area (Å²) in [6.45, 7) is 0. The molecular weight excluding hydrogens is 242 g/mol. The van der Waals surface area contributed by atoms with Gasteiger partial charge in [-0.25, -0.2) is 0 Å². The molecule has 0 bridgehead atoms. The number of nitrogens with one attached hydrogen (secondary N) is 2. The number of benzene rings is 1. The summed E-state index contributed by atoms with van der Waals surface area (Å²) in [5, 5.41) is 10.0. The lowest BCUT2D eigenvalue weighted by molar-refractivity contribution is 0.102. The van der Waals surface area contributed by atoms with Crippen LogP contribution in [0, 0.1) is 0 Å². The molecule has 0 radical (unpaired) electrons. The van der Waals surface area contributed by atoms with E-state index in [2.05, 4.69) is 20.5 Å². The van der Waals surface area contributed by atoms with Crippen LogP contribution in [0.15, 0.2) is 42.6 Å². The summed E-state index contributed by atoms with van der Waals surface area (Å²) in [5.41, 5.74) is 7.17. The van der Waals surface area contributed by atoms with E-state index in [1.54, 1.807) is 12.3 Å². The number of amides is 1. The zero-order chi connectivity index (χ0) is 13.2. The average molecular weight is 253 g/mol. The van der Waals surface area contributed by atoms with Gasteiger partial charge in [0.2, 0.25) is 0 Å². The molecule has 0 fully saturated rings. The summed E-state index contributed by atoms with van der Waals surface area (Å²) in [4.78, 5) is 16.3. The molecule has 1 amide bonds. The number of hydrogen-bond donors (Lipinski definition) is 3. The average Bonchev–Trinajstić information content (AvgIpc) is 2.86. The fourth-order valence-electron chi connectivity index (χ4n) is 1.85. The zero-order valence-corrected chi connectivity index (χ0v) is 9.92. The molecule has 19 heavy (non-hydrogen) atoms. The molecule has 2 heterocycles. The van der Waals surface area contributed by atoms with E-state index in [0.29, 0.717) is 11.4 Å². The number of pyridine rings is 1. The van der Waals surface area contributed by atoms with Crippen LogP contribution in [-0.2, 0) is 0 Å². The van der Waals surface area contributed by atoms with Crippen LogP contribution in [0.1, 0.15) is 10.5 Å². The van der Waals surface area contributed by atoms with Crippen molar-refractivity contribution in [1.29, 1.82) is 0 Å². The molecule has 6 heteroatoms. The molecule has 94 valence electrons. The summed E-state index contributed by atoms with van der Waals surface area (Å²) in [6, 6.07) is 10.9. The predicted molar refractivity (Wildman–Crippen MR) is 72.7 cm³/mol. The second-order valence-electron chi connectivity index (χ2n) is 4.04. The molecule has 0 atom stereocenters. The third kappa shape index (κ3) is 2.11. The van der Waals surface area contributed by atoms with Crippen LogP contribution in [-0.4, -0.2) is 21.1 Å². The second kappa shape index (κ2) is 4.41. The fourth-order valence-corrected chi connectivity index (χ4v) is 1.85. The number of para-hydroxylation sites is 1. The van der Waals surface area contributed by atoms with Crippen LogP contribution in [0.25, 0.3) is 10.9 Å². The van der Waals surface area contributed by atoms with Gasteiger partial charge in [0.25, 0.3) is 5.91 Å². The number of rotatable bonds is 2. The van der Waals surface area contributed by atoms with E-state index in [1.165, 1.54) is 6.07 Å². The van der Waals surface area contributed by atoms with Gasteiger partial charge in [0, 0.05) is 17.6 Å². The lowest BCUT2D eigenvalue weighted by Gasteiger charge is -2.06. The third-order valence-corrected chi connectivity index (χ3v) is 2.72. The number of nitrogens with zero attached hydrogens (tertiary/aromatic N) is 2. The number of aromatic nitrogens is 3. The number of carbonyl (C=O) groups is 1. The second-order valence-corrected chi connectivity index (χ2v) is 4.04. The first-order chi connectivity index (χ1) is 9.24. The Labute approximate surface area is 108 Å². The summed E-state index contributed by atoms with van der Waals surface area (Å²) in [6.07, 6.45) is 1.69. The Morgan fingerprint density at radius 3 is 2.89 bits per heavy atom. The molecule has 1 aromatic carbocycles. The van der Waals surface area contributed by atoms with Gasteiger partial charge in [0.05, 0.1) is 11.2 Å². The maximum atomic E-state index is 12.0. The van der Waals surface area contributed by atoms with E-state index in [-0.39, 0.29) is 11.7 Å². The molecule has 6 nitrogen and oxygen atoms in total. The molecule has 0 saturated carbocycles. The number of anilines is 2. The van der Waals surface area contributed by atoms with Gasteiger partial charge in [-0.1, -0.05) is 18.2 Å². The van der Waals surface area contributed by atoms with Gasteiger partial charge in [0.15, 0.2) is 0 Å². The Morgan fingerprint density at radius 2 is 2.11 bits per heavy atom. The first kappa shape index (κ1) is 11.2. The molecule has 0 spiro atoms. The van der Waals surface area contributed by atoms with Crippen molar-refractivity contribution in [3.63, 3.8) is 0 Å². The molecule has 2 aromatic heterocycles. The number of carbonyl (C=O) groups excluding carboxylic acids is 1. The molecule has 0 unspecified atom stereocenters. The van der Waals surface area contributed by atoms with Gasteiger partial charge < -0.3 is 11.1 Å². The summed E-state index contributed by atoms with van der Waals surface area (Å²) in [7, 11) is 0. The summed E-state index contributed by atoms with van der Waals surface area (Å²) in [5.74, 6) is -0.0245. The smallest absolute Gasteiger partial charge is 0.273 e.